The molecule has 3 aliphatic rings. The first-order valence-electron chi connectivity index (χ1n) is 15.2. The molecule has 3 aliphatic heterocycles. The van der Waals surface area contributed by atoms with Gasteiger partial charge in [0.1, 0.15) is 12.4 Å². The van der Waals surface area contributed by atoms with Gasteiger partial charge in [-0.15, -0.1) is 0 Å². The molecular formula is C30H44FN5O7. The van der Waals surface area contributed by atoms with Crippen molar-refractivity contribution in [3.63, 3.8) is 0 Å². The van der Waals surface area contributed by atoms with Crippen molar-refractivity contribution < 1.29 is 37.8 Å². The maximum Gasteiger partial charge on any atom is 0.253 e. The zero-order valence-electron chi connectivity index (χ0n) is 24.7. The molecule has 1 aromatic carbocycles. The van der Waals surface area contributed by atoms with Crippen molar-refractivity contribution in [2.75, 3.05) is 65.8 Å². The van der Waals surface area contributed by atoms with Crippen LogP contribution in [0, 0.1) is 5.82 Å². The number of benzene rings is 1. The van der Waals surface area contributed by atoms with Crippen LogP contribution in [-0.2, 0) is 28.6 Å². The Bertz CT molecular complexity index is 1080. The summed E-state index contributed by atoms with van der Waals surface area (Å²) in [7, 11) is 0. The molecule has 4 N–H and O–H groups in total. The highest BCUT2D eigenvalue weighted by Gasteiger charge is 2.39. The summed E-state index contributed by atoms with van der Waals surface area (Å²) in [6.45, 7) is 3.29. The normalized spacial score (nSPS) is 24.2. The molecule has 0 unspecified atom stereocenters. The van der Waals surface area contributed by atoms with Gasteiger partial charge in [-0.1, -0.05) is 0 Å². The predicted molar refractivity (Wildman–Crippen MR) is 155 cm³/mol. The van der Waals surface area contributed by atoms with Crippen LogP contribution >= 0.6 is 0 Å². The second-order valence-electron chi connectivity index (χ2n) is 11.4. The summed E-state index contributed by atoms with van der Waals surface area (Å²) in [4.78, 5) is 53.5. The first kappa shape index (κ1) is 32.8. The monoisotopic (exact) mass is 605 g/mol. The number of carbonyl (C=O) groups excluding carboxylic acids is 4. The van der Waals surface area contributed by atoms with Crippen LogP contribution in [0.5, 0.6) is 0 Å². The molecule has 3 saturated heterocycles. The third-order valence-corrected chi connectivity index (χ3v) is 8.12. The van der Waals surface area contributed by atoms with Gasteiger partial charge in [-0.05, 0) is 62.8 Å². The topological polar surface area (TPSA) is 147 Å². The van der Waals surface area contributed by atoms with Gasteiger partial charge in [-0.2, -0.15) is 0 Å². The Hall–Kier alpha value is -3.13. The molecule has 13 heteroatoms. The van der Waals surface area contributed by atoms with E-state index < -0.39 is 17.4 Å². The van der Waals surface area contributed by atoms with E-state index in [0.717, 1.165) is 12.8 Å². The quantitative estimate of drug-likeness (QED) is 0.390. The van der Waals surface area contributed by atoms with Gasteiger partial charge >= 0.3 is 0 Å². The van der Waals surface area contributed by atoms with Gasteiger partial charge in [0.2, 0.25) is 17.7 Å². The number of halogens is 1. The minimum Gasteiger partial charge on any atom is -0.381 e. The van der Waals surface area contributed by atoms with Gasteiger partial charge in [0, 0.05) is 57.4 Å². The summed E-state index contributed by atoms with van der Waals surface area (Å²) in [6.07, 6.45) is 3.60. The fourth-order valence-electron chi connectivity index (χ4n) is 5.69. The summed E-state index contributed by atoms with van der Waals surface area (Å²) in [5, 5.41) is 12.3. The van der Waals surface area contributed by atoms with Crippen molar-refractivity contribution in [2.45, 2.75) is 62.6 Å². The molecule has 4 amide bonds. The number of amides is 4. The van der Waals surface area contributed by atoms with E-state index in [4.69, 9.17) is 14.2 Å². The number of nitrogens with zero attached hydrogens (tertiary/aromatic N) is 1. The molecule has 1 spiro atoms. The molecule has 0 bridgehead atoms. The lowest BCUT2D eigenvalue weighted by Crippen LogP contribution is -2.58. The van der Waals surface area contributed by atoms with E-state index in [0.29, 0.717) is 77.2 Å². The predicted octanol–water partition coefficient (Wildman–Crippen LogP) is 0.503. The number of piperidine rings is 1. The lowest BCUT2D eigenvalue weighted by molar-refractivity contribution is -0.130. The molecule has 0 aromatic heterocycles. The van der Waals surface area contributed by atoms with Crippen LogP contribution in [0.3, 0.4) is 0 Å². The molecule has 3 fully saturated rings. The number of likely N-dealkylation sites (tertiary alicyclic amines) is 1. The zero-order valence-corrected chi connectivity index (χ0v) is 24.7. The molecule has 1 aromatic rings. The number of rotatable bonds is 3. The van der Waals surface area contributed by atoms with E-state index in [2.05, 4.69) is 21.3 Å². The van der Waals surface area contributed by atoms with Crippen LogP contribution in [0.2, 0.25) is 0 Å². The maximum absolute atomic E-state index is 13.3. The van der Waals surface area contributed by atoms with Gasteiger partial charge in [-0.25, -0.2) is 4.39 Å². The molecule has 0 saturated carbocycles. The molecular weight excluding hydrogens is 561 g/mol. The Morgan fingerprint density at radius 3 is 2.30 bits per heavy atom. The van der Waals surface area contributed by atoms with Crippen molar-refractivity contribution in [3.05, 3.63) is 35.6 Å². The smallest absolute Gasteiger partial charge is 0.253 e. The summed E-state index contributed by atoms with van der Waals surface area (Å²) in [5.41, 5.74) is -0.468. The van der Waals surface area contributed by atoms with Crippen LogP contribution in [-0.4, -0.2) is 112 Å². The van der Waals surface area contributed by atoms with E-state index in [1.54, 1.807) is 4.90 Å². The lowest BCUT2D eigenvalue weighted by Gasteiger charge is -2.42. The molecule has 3 heterocycles. The number of hydrogen-bond donors (Lipinski definition) is 4. The van der Waals surface area contributed by atoms with Crippen molar-refractivity contribution >= 4 is 23.6 Å². The fourth-order valence-corrected chi connectivity index (χ4v) is 5.69. The number of nitrogens with one attached hydrogen (secondary N) is 4. The van der Waals surface area contributed by atoms with Crippen LogP contribution in [0.25, 0.3) is 0 Å². The second kappa shape index (κ2) is 16.6. The SMILES string of the molecule is O=C1CC2(CCN(C(=O)c3ccc(F)cc3)CC2)NC(=O)COCCOCCNC(=O)[C@@H](NC2CCOCC2)CCCN1. The third-order valence-electron chi connectivity index (χ3n) is 8.12. The van der Waals surface area contributed by atoms with Gasteiger partial charge in [0.25, 0.3) is 5.91 Å². The van der Waals surface area contributed by atoms with E-state index in [1.807, 2.05) is 0 Å². The van der Waals surface area contributed by atoms with Crippen LogP contribution < -0.4 is 21.3 Å². The van der Waals surface area contributed by atoms with Gasteiger partial charge in [0.05, 0.1) is 31.4 Å². The molecule has 12 nitrogen and oxygen atoms in total. The molecule has 0 aliphatic carbocycles. The standard InChI is InChI=1S/C30H44FN5O7/c31-23-5-3-22(4-6-23)29(40)36-13-9-30(10-14-36)20-26(37)32-11-1-2-25(34-24-7-15-41-16-8-24)28(39)33-12-17-42-18-19-43-21-27(38)35-30/h3-6,24-25,34H,1-2,7-21H2,(H,32,37)(H,33,39)(H,35,38)/t25-/m0/s1. The third kappa shape index (κ3) is 10.5. The van der Waals surface area contributed by atoms with E-state index in [9.17, 15) is 23.6 Å². The molecule has 0 radical (unpaired) electrons. The zero-order chi connectivity index (χ0) is 30.5. The van der Waals surface area contributed by atoms with Crippen LogP contribution in [0.4, 0.5) is 4.39 Å². The summed E-state index contributed by atoms with van der Waals surface area (Å²) >= 11 is 0. The molecule has 1 atom stereocenters. The number of hydrogen-bond acceptors (Lipinski definition) is 8. The van der Waals surface area contributed by atoms with Gasteiger partial charge in [-0.3, -0.25) is 19.2 Å². The Morgan fingerprint density at radius 2 is 1.56 bits per heavy atom. The van der Waals surface area contributed by atoms with Gasteiger partial charge in [0.15, 0.2) is 0 Å². The largest absolute Gasteiger partial charge is 0.381 e. The second-order valence-corrected chi connectivity index (χ2v) is 11.4. The Balaban J connectivity index is 1.37. The summed E-state index contributed by atoms with van der Waals surface area (Å²) < 4.78 is 29.8. The lowest BCUT2D eigenvalue weighted by atomic mass is 9.83. The first-order valence-corrected chi connectivity index (χ1v) is 15.2. The highest BCUT2D eigenvalue weighted by molar-refractivity contribution is 5.94. The minimum absolute atomic E-state index is 0.0463. The minimum atomic E-state index is -0.851. The Morgan fingerprint density at radius 1 is 0.860 bits per heavy atom. The number of ether oxygens (including phenoxy) is 3. The molecule has 4 rings (SSSR count). The molecule has 43 heavy (non-hydrogen) atoms. The highest BCUT2D eigenvalue weighted by atomic mass is 19.1. The highest BCUT2D eigenvalue weighted by Crippen LogP contribution is 2.27. The van der Waals surface area contributed by atoms with Crippen LogP contribution in [0.15, 0.2) is 24.3 Å². The average Bonchev–Trinajstić information content (AvgIpc) is 3.00. The van der Waals surface area contributed by atoms with E-state index in [-0.39, 0.29) is 55.9 Å². The first-order chi connectivity index (χ1) is 20.8. The van der Waals surface area contributed by atoms with Crippen molar-refractivity contribution in [3.8, 4) is 0 Å². The van der Waals surface area contributed by atoms with E-state index in [1.165, 1.54) is 24.3 Å². The van der Waals surface area contributed by atoms with E-state index >= 15 is 0 Å². The number of carbonyl (C=O) groups is 4. The van der Waals surface area contributed by atoms with Crippen LogP contribution in [0.1, 0.15) is 55.3 Å². The summed E-state index contributed by atoms with van der Waals surface area (Å²) in [6, 6.07) is 5.18. The Kier molecular flexibility index (Phi) is 12.7. The van der Waals surface area contributed by atoms with Gasteiger partial charge < -0.3 is 40.4 Å². The Labute approximate surface area is 251 Å². The fraction of sp³-hybridized carbons (Fsp3) is 0.667. The van der Waals surface area contributed by atoms with Crippen molar-refractivity contribution in [1.82, 2.24) is 26.2 Å². The average molecular weight is 606 g/mol. The van der Waals surface area contributed by atoms with Crippen molar-refractivity contribution in [1.29, 1.82) is 0 Å². The maximum atomic E-state index is 13.3. The summed E-state index contributed by atoms with van der Waals surface area (Å²) in [5.74, 6) is -1.31. The van der Waals surface area contributed by atoms with Crippen molar-refractivity contribution in [2.24, 2.45) is 0 Å². The molecule has 238 valence electrons.